The standard InChI is InChI=1S/C22H34N4O3S/c1-4-23-22(30)26-13-10-17(11-14-26)19(21(28)24-12-7-15-29-3)25-20(27)18-9-6-5-8-16(18)2/h5-6,8-9,17,19H,4,7,10-15H2,1-3H3,(H,23,30)(H,24,28)(H,25,27)/t19-/m1/s1. The Morgan fingerprint density at radius 2 is 1.93 bits per heavy atom. The minimum absolute atomic E-state index is 0.0565. The summed E-state index contributed by atoms with van der Waals surface area (Å²) in [4.78, 5) is 28.0. The van der Waals surface area contributed by atoms with Gasteiger partial charge in [-0.25, -0.2) is 0 Å². The molecule has 30 heavy (non-hydrogen) atoms. The Bertz CT molecular complexity index is 720. The number of likely N-dealkylation sites (tertiary alicyclic amines) is 1. The van der Waals surface area contributed by atoms with Crippen LogP contribution in [-0.2, 0) is 9.53 Å². The van der Waals surface area contributed by atoms with Gasteiger partial charge in [0.1, 0.15) is 6.04 Å². The molecule has 0 saturated carbocycles. The van der Waals surface area contributed by atoms with Crippen molar-refractivity contribution in [2.45, 2.75) is 39.2 Å². The van der Waals surface area contributed by atoms with Gasteiger partial charge in [-0.05, 0) is 62.9 Å². The molecule has 0 radical (unpaired) electrons. The zero-order valence-electron chi connectivity index (χ0n) is 18.2. The van der Waals surface area contributed by atoms with E-state index in [-0.39, 0.29) is 17.7 Å². The fourth-order valence-electron chi connectivity index (χ4n) is 3.68. The third-order valence-electron chi connectivity index (χ3n) is 5.41. The molecule has 1 atom stereocenters. The topological polar surface area (TPSA) is 82.7 Å². The van der Waals surface area contributed by atoms with E-state index in [1.807, 2.05) is 32.0 Å². The number of amides is 2. The zero-order chi connectivity index (χ0) is 21.9. The molecule has 8 heteroatoms. The van der Waals surface area contributed by atoms with Crippen LogP contribution in [0.4, 0.5) is 0 Å². The van der Waals surface area contributed by atoms with Gasteiger partial charge in [0.2, 0.25) is 5.91 Å². The number of carbonyl (C=O) groups excluding carboxylic acids is 2. The normalized spacial score (nSPS) is 15.4. The number of ether oxygens (including phenoxy) is 1. The van der Waals surface area contributed by atoms with Crippen LogP contribution in [0.2, 0.25) is 0 Å². The maximum absolute atomic E-state index is 13.0. The molecule has 0 unspecified atom stereocenters. The van der Waals surface area contributed by atoms with Gasteiger partial charge in [-0.2, -0.15) is 0 Å². The summed E-state index contributed by atoms with van der Waals surface area (Å²) in [7, 11) is 1.64. The maximum atomic E-state index is 13.0. The average molecular weight is 435 g/mol. The highest BCUT2D eigenvalue weighted by Crippen LogP contribution is 2.22. The monoisotopic (exact) mass is 434 g/mol. The number of nitrogens with one attached hydrogen (secondary N) is 3. The highest BCUT2D eigenvalue weighted by atomic mass is 32.1. The van der Waals surface area contributed by atoms with Crippen molar-refractivity contribution in [3.8, 4) is 0 Å². The van der Waals surface area contributed by atoms with Crippen molar-refractivity contribution >= 4 is 29.1 Å². The number of benzene rings is 1. The molecule has 1 aliphatic heterocycles. The molecule has 3 N–H and O–H groups in total. The lowest BCUT2D eigenvalue weighted by Crippen LogP contribution is -2.54. The van der Waals surface area contributed by atoms with E-state index in [4.69, 9.17) is 17.0 Å². The molecule has 166 valence electrons. The largest absolute Gasteiger partial charge is 0.385 e. The van der Waals surface area contributed by atoms with E-state index in [2.05, 4.69) is 20.9 Å². The summed E-state index contributed by atoms with van der Waals surface area (Å²) in [6.45, 7) is 7.35. The Morgan fingerprint density at radius 1 is 1.23 bits per heavy atom. The predicted molar refractivity (Wildman–Crippen MR) is 123 cm³/mol. The van der Waals surface area contributed by atoms with Crippen LogP contribution in [0.5, 0.6) is 0 Å². The molecule has 1 aliphatic rings. The van der Waals surface area contributed by atoms with E-state index in [0.29, 0.717) is 18.7 Å². The van der Waals surface area contributed by atoms with Gasteiger partial charge in [0.15, 0.2) is 5.11 Å². The second kappa shape index (κ2) is 12.5. The Morgan fingerprint density at radius 3 is 2.57 bits per heavy atom. The fourth-order valence-corrected chi connectivity index (χ4v) is 4.01. The maximum Gasteiger partial charge on any atom is 0.252 e. The van der Waals surface area contributed by atoms with Crippen molar-refractivity contribution in [3.05, 3.63) is 35.4 Å². The number of hydrogen-bond acceptors (Lipinski definition) is 4. The van der Waals surface area contributed by atoms with Crippen molar-refractivity contribution in [3.63, 3.8) is 0 Å². The SMILES string of the molecule is CCNC(=S)N1CCC([C@@H](NC(=O)c2ccccc2C)C(=O)NCCCOC)CC1. The van der Waals surface area contributed by atoms with Crippen molar-refractivity contribution < 1.29 is 14.3 Å². The molecule has 2 rings (SSSR count). The molecule has 1 saturated heterocycles. The first kappa shape index (κ1) is 24.1. The number of hydrogen-bond donors (Lipinski definition) is 3. The molecule has 1 aromatic carbocycles. The summed E-state index contributed by atoms with van der Waals surface area (Å²) >= 11 is 5.41. The zero-order valence-corrected chi connectivity index (χ0v) is 19.0. The Balaban J connectivity index is 2.06. The number of methoxy groups -OCH3 is 1. The Kier molecular flexibility index (Phi) is 10.0. The molecule has 1 aromatic rings. The molecular formula is C22H34N4O3S. The van der Waals surface area contributed by atoms with Crippen molar-refractivity contribution in [2.75, 3.05) is 39.9 Å². The Labute approximate surface area is 184 Å². The van der Waals surface area contributed by atoms with Gasteiger partial charge in [0.05, 0.1) is 0 Å². The summed E-state index contributed by atoms with van der Waals surface area (Å²) in [5, 5.41) is 9.89. The lowest BCUT2D eigenvalue weighted by Gasteiger charge is -2.37. The number of thiocarbonyl (C=S) groups is 1. The van der Waals surface area contributed by atoms with E-state index >= 15 is 0 Å². The molecule has 7 nitrogen and oxygen atoms in total. The predicted octanol–water partition coefficient (Wildman–Crippen LogP) is 1.85. The second-order valence-electron chi connectivity index (χ2n) is 7.56. The van der Waals surface area contributed by atoms with Crippen LogP contribution in [0.15, 0.2) is 24.3 Å². The minimum atomic E-state index is -0.575. The van der Waals surface area contributed by atoms with Crippen LogP contribution in [0, 0.1) is 12.8 Å². The number of aryl methyl sites for hydroxylation is 1. The van der Waals surface area contributed by atoms with E-state index in [1.165, 1.54) is 0 Å². The first-order valence-corrected chi connectivity index (χ1v) is 11.0. The van der Waals surface area contributed by atoms with E-state index in [9.17, 15) is 9.59 Å². The van der Waals surface area contributed by atoms with Crippen molar-refractivity contribution in [1.29, 1.82) is 0 Å². The van der Waals surface area contributed by atoms with Crippen LogP contribution in [0.3, 0.4) is 0 Å². The van der Waals surface area contributed by atoms with Crippen LogP contribution in [0.1, 0.15) is 42.1 Å². The van der Waals surface area contributed by atoms with E-state index < -0.39 is 6.04 Å². The second-order valence-corrected chi connectivity index (χ2v) is 7.95. The van der Waals surface area contributed by atoms with E-state index in [0.717, 1.165) is 49.6 Å². The van der Waals surface area contributed by atoms with Gasteiger partial charge in [-0.15, -0.1) is 0 Å². The van der Waals surface area contributed by atoms with Gasteiger partial charge in [-0.3, -0.25) is 9.59 Å². The van der Waals surface area contributed by atoms with Gasteiger partial charge >= 0.3 is 0 Å². The number of carbonyl (C=O) groups is 2. The van der Waals surface area contributed by atoms with Crippen molar-refractivity contribution in [1.82, 2.24) is 20.9 Å². The fraction of sp³-hybridized carbons (Fsp3) is 0.591. The van der Waals surface area contributed by atoms with Crippen LogP contribution < -0.4 is 16.0 Å². The van der Waals surface area contributed by atoms with Crippen LogP contribution >= 0.6 is 12.2 Å². The Hall–Kier alpha value is -2.19. The lowest BCUT2D eigenvalue weighted by molar-refractivity contribution is -0.124. The molecule has 0 spiro atoms. The van der Waals surface area contributed by atoms with Gasteiger partial charge in [-0.1, -0.05) is 18.2 Å². The quantitative estimate of drug-likeness (QED) is 0.407. The first-order chi connectivity index (χ1) is 14.5. The van der Waals surface area contributed by atoms with Gasteiger partial charge in [0, 0.05) is 45.5 Å². The van der Waals surface area contributed by atoms with Crippen LogP contribution in [-0.4, -0.2) is 67.8 Å². The minimum Gasteiger partial charge on any atom is -0.385 e. The summed E-state index contributed by atoms with van der Waals surface area (Å²) < 4.78 is 5.05. The molecule has 0 aromatic heterocycles. The summed E-state index contributed by atoms with van der Waals surface area (Å²) in [6, 6.07) is 6.84. The third-order valence-corrected chi connectivity index (χ3v) is 5.81. The number of piperidine rings is 1. The molecule has 0 bridgehead atoms. The number of nitrogens with zero attached hydrogens (tertiary/aromatic N) is 1. The average Bonchev–Trinajstić information content (AvgIpc) is 2.75. The third kappa shape index (κ3) is 6.95. The highest BCUT2D eigenvalue weighted by Gasteiger charge is 2.33. The van der Waals surface area contributed by atoms with Crippen LogP contribution in [0.25, 0.3) is 0 Å². The molecular weight excluding hydrogens is 400 g/mol. The molecule has 2 amide bonds. The molecule has 0 aliphatic carbocycles. The van der Waals surface area contributed by atoms with Gasteiger partial charge in [0.25, 0.3) is 5.91 Å². The summed E-state index contributed by atoms with van der Waals surface area (Å²) in [5.74, 6) is -0.294. The van der Waals surface area contributed by atoms with Crippen molar-refractivity contribution in [2.24, 2.45) is 5.92 Å². The lowest BCUT2D eigenvalue weighted by atomic mass is 9.88. The summed E-state index contributed by atoms with van der Waals surface area (Å²) in [5.41, 5.74) is 1.49. The molecule has 1 heterocycles. The van der Waals surface area contributed by atoms with Gasteiger partial charge < -0.3 is 25.6 Å². The number of rotatable bonds is 9. The summed E-state index contributed by atoms with van der Waals surface area (Å²) in [6.07, 6.45) is 2.31. The highest BCUT2D eigenvalue weighted by molar-refractivity contribution is 7.80. The van der Waals surface area contributed by atoms with E-state index in [1.54, 1.807) is 13.2 Å². The smallest absolute Gasteiger partial charge is 0.252 e. The first-order valence-electron chi connectivity index (χ1n) is 10.6. The molecule has 1 fully saturated rings.